The number of rotatable bonds is 2. The molecule has 0 saturated heterocycles. The highest BCUT2D eigenvalue weighted by atomic mass is 32.1. The molecule has 4 heteroatoms. The summed E-state index contributed by atoms with van der Waals surface area (Å²) in [7, 11) is 0. The Balaban J connectivity index is 1.79. The first-order valence-corrected chi connectivity index (χ1v) is 7.47. The van der Waals surface area contributed by atoms with Gasteiger partial charge in [-0.1, -0.05) is 18.2 Å². The van der Waals surface area contributed by atoms with Gasteiger partial charge in [0.25, 0.3) is 0 Å². The molecule has 2 nitrogen and oxygen atoms in total. The molecule has 0 aliphatic carbocycles. The van der Waals surface area contributed by atoms with Gasteiger partial charge in [-0.05, 0) is 30.3 Å². The number of aromatic amines is 1. The molecule has 0 spiro atoms. The second kappa shape index (κ2) is 4.82. The van der Waals surface area contributed by atoms with Crippen molar-refractivity contribution in [3.63, 3.8) is 0 Å². The van der Waals surface area contributed by atoms with Crippen molar-refractivity contribution in [3.8, 4) is 21.8 Å². The molecule has 0 bridgehead atoms. The zero-order chi connectivity index (χ0) is 14.2. The maximum absolute atomic E-state index is 13.0. The molecule has 2 heterocycles. The minimum atomic E-state index is -0.231. The van der Waals surface area contributed by atoms with Crippen LogP contribution in [0.1, 0.15) is 0 Å². The van der Waals surface area contributed by atoms with Crippen molar-refractivity contribution in [1.29, 1.82) is 0 Å². The maximum atomic E-state index is 13.0. The Morgan fingerprint density at radius 1 is 1.00 bits per heavy atom. The zero-order valence-corrected chi connectivity index (χ0v) is 11.8. The third kappa shape index (κ3) is 2.14. The van der Waals surface area contributed by atoms with Crippen LogP contribution in [0.15, 0.2) is 60.1 Å². The second-order valence-corrected chi connectivity index (χ2v) is 5.65. The number of benzene rings is 2. The maximum Gasteiger partial charge on any atom is 0.126 e. The highest BCUT2D eigenvalue weighted by Gasteiger charge is 2.10. The van der Waals surface area contributed by atoms with E-state index in [1.54, 1.807) is 23.5 Å². The van der Waals surface area contributed by atoms with Gasteiger partial charge in [-0.15, -0.1) is 11.3 Å². The van der Waals surface area contributed by atoms with E-state index in [2.05, 4.69) is 16.0 Å². The van der Waals surface area contributed by atoms with Gasteiger partial charge in [0, 0.05) is 33.6 Å². The van der Waals surface area contributed by atoms with Crippen LogP contribution in [0.2, 0.25) is 0 Å². The van der Waals surface area contributed by atoms with Crippen LogP contribution in [0.3, 0.4) is 0 Å². The summed E-state index contributed by atoms with van der Waals surface area (Å²) >= 11 is 1.60. The van der Waals surface area contributed by atoms with Gasteiger partial charge in [-0.3, -0.25) is 0 Å². The Morgan fingerprint density at radius 3 is 2.67 bits per heavy atom. The highest BCUT2D eigenvalue weighted by molar-refractivity contribution is 7.13. The third-order valence-electron chi connectivity index (χ3n) is 3.46. The lowest BCUT2D eigenvalue weighted by molar-refractivity contribution is 0.628. The van der Waals surface area contributed by atoms with Crippen LogP contribution < -0.4 is 0 Å². The monoisotopic (exact) mass is 294 g/mol. The Kier molecular flexibility index (Phi) is 2.82. The molecular weight excluding hydrogens is 283 g/mol. The summed E-state index contributed by atoms with van der Waals surface area (Å²) in [5.74, 6) is -0.231. The largest absolute Gasteiger partial charge is 0.360 e. The van der Waals surface area contributed by atoms with Crippen molar-refractivity contribution in [2.45, 2.75) is 0 Å². The van der Waals surface area contributed by atoms with Crippen molar-refractivity contribution in [2.24, 2.45) is 0 Å². The zero-order valence-electron chi connectivity index (χ0n) is 11.0. The van der Waals surface area contributed by atoms with E-state index in [0.717, 1.165) is 32.7 Å². The molecule has 0 aliphatic rings. The van der Waals surface area contributed by atoms with E-state index in [4.69, 9.17) is 0 Å². The second-order valence-electron chi connectivity index (χ2n) is 4.79. The lowest BCUT2D eigenvalue weighted by atomic mass is 10.1. The number of nitrogens with one attached hydrogen (secondary N) is 1. The topological polar surface area (TPSA) is 28.7 Å². The lowest BCUT2D eigenvalue weighted by Gasteiger charge is -1.96. The number of aromatic nitrogens is 2. The fourth-order valence-corrected chi connectivity index (χ4v) is 3.26. The molecule has 0 fully saturated rings. The summed E-state index contributed by atoms with van der Waals surface area (Å²) in [6.07, 6.45) is 1.98. The minimum absolute atomic E-state index is 0.231. The summed E-state index contributed by atoms with van der Waals surface area (Å²) in [5.41, 5.74) is 4.01. The number of hydrogen-bond donors (Lipinski definition) is 1. The third-order valence-corrected chi connectivity index (χ3v) is 4.34. The molecule has 0 unspecified atom stereocenters. The van der Waals surface area contributed by atoms with E-state index < -0.39 is 0 Å². The molecule has 2 aromatic heterocycles. The van der Waals surface area contributed by atoms with E-state index in [1.165, 1.54) is 12.1 Å². The summed E-state index contributed by atoms with van der Waals surface area (Å²) in [6, 6.07) is 14.6. The van der Waals surface area contributed by atoms with Crippen LogP contribution in [-0.2, 0) is 0 Å². The number of halogens is 1. The normalized spacial score (nSPS) is 11.1. The number of fused-ring (bicyclic) bond motifs is 1. The van der Waals surface area contributed by atoms with Crippen LogP contribution in [0.25, 0.3) is 32.7 Å². The Hall–Kier alpha value is -2.46. The molecule has 0 aliphatic heterocycles. The van der Waals surface area contributed by atoms with E-state index in [1.807, 2.05) is 29.8 Å². The first-order chi connectivity index (χ1) is 10.3. The molecule has 0 radical (unpaired) electrons. The van der Waals surface area contributed by atoms with Crippen molar-refractivity contribution in [1.82, 2.24) is 9.97 Å². The van der Waals surface area contributed by atoms with Crippen molar-refractivity contribution < 1.29 is 4.39 Å². The van der Waals surface area contributed by atoms with Crippen molar-refractivity contribution in [2.75, 3.05) is 0 Å². The first-order valence-electron chi connectivity index (χ1n) is 6.59. The quantitative estimate of drug-likeness (QED) is 0.547. The Bertz CT molecular complexity index is 906. The highest BCUT2D eigenvalue weighted by Crippen LogP contribution is 2.33. The van der Waals surface area contributed by atoms with Crippen LogP contribution in [0.5, 0.6) is 0 Å². The standard InChI is InChI=1S/C17H11FN2S/c18-12-7-5-11(6-8-12)16-10-21-17(20-16)14-9-19-15-4-2-1-3-13(14)15/h1-10,19H. The number of nitrogens with zero attached hydrogens (tertiary/aromatic N) is 1. The fourth-order valence-electron chi connectivity index (χ4n) is 2.40. The fraction of sp³-hybridized carbons (Fsp3) is 0. The molecule has 1 N–H and O–H groups in total. The average molecular weight is 294 g/mol. The van der Waals surface area contributed by atoms with Gasteiger partial charge in [0.15, 0.2) is 0 Å². The number of thiazole rings is 1. The molecule has 4 aromatic rings. The molecule has 102 valence electrons. The molecule has 0 atom stereocenters. The predicted octanol–water partition coefficient (Wildman–Crippen LogP) is 5.10. The molecular formula is C17H11FN2S. The number of para-hydroxylation sites is 1. The SMILES string of the molecule is Fc1ccc(-c2csc(-c3c[nH]c4ccccc34)n2)cc1. The van der Waals surface area contributed by atoms with Gasteiger partial charge in [0.1, 0.15) is 10.8 Å². The van der Waals surface area contributed by atoms with Crippen molar-refractivity contribution in [3.05, 3.63) is 65.9 Å². The molecule has 0 amide bonds. The molecule has 0 saturated carbocycles. The van der Waals surface area contributed by atoms with Gasteiger partial charge in [-0.2, -0.15) is 0 Å². The van der Waals surface area contributed by atoms with Gasteiger partial charge in [0.05, 0.1) is 5.69 Å². The predicted molar refractivity (Wildman–Crippen MR) is 84.8 cm³/mol. The average Bonchev–Trinajstić information content (AvgIpc) is 3.14. The number of H-pyrrole nitrogens is 1. The van der Waals surface area contributed by atoms with Crippen LogP contribution in [0, 0.1) is 5.82 Å². The van der Waals surface area contributed by atoms with Crippen LogP contribution in [-0.4, -0.2) is 9.97 Å². The van der Waals surface area contributed by atoms with E-state index in [-0.39, 0.29) is 5.82 Å². The van der Waals surface area contributed by atoms with Gasteiger partial charge < -0.3 is 4.98 Å². The van der Waals surface area contributed by atoms with Gasteiger partial charge in [0.2, 0.25) is 0 Å². The molecule has 2 aromatic carbocycles. The number of hydrogen-bond acceptors (Lipinski definition) is 2. The smallest absolute Gasteiger partial charge is 0.126 e. The lowest BCUT2D eigenvalue weighted by Crippen LogP contribution is -1.80. The van der Waals surface area contributed by atoms with Crippen molar-refractivity contribution >= 4 is 22.2 Å². The van der Waals surface area contributed by atoms with E-state index in [0.29, 0.717) is 0 Å². The van der Waals surface area contributed by atoms with Gasteiger partial charge in [-0.25, -0.2) is 9.37 Å². The van der Waals surface area contributed by atoms with Gasteiger partial charge >= 0.3 is 0 Å². The Labute approximate surface area is 124 Å². The first kappa shape index (κ1) is 12.3. The van der Waals surface area contributed by atoms with Crippen LogP contribution >= 0.6 is 11.3 Å². The molecule has 4 rings (SSSR count). The summed E-state index contributed by atoms with van der Waals surface area (Å²) in [6.45, 7) is 0. The minimum Gasteiger partial charge on any atom is -0.360 e. The molecule has 21 heavy (non-hydrogen) atoms. The Morgan fingerprint density at radius 2 is 1.81 bits per heavy atom. The van der Waals surface area contributed by atoms with E-state index >= 15 is 0 Å². The summed E-state index contributed by atoms with van der Waals surface area (Å²) < 4.78 is 13.0. The van der Waals surface area contributed by atoms with E-state index in [9.17, 15) is 4.39 Å². The summed E-state index contributed by atoms with van der Waals surface area (Å²) in [4.78, 5) is 7.94. The summed E-state index contributed by atoms with van der Waals surface area (Å²) in [5, 5.41) is 4.13. The van der Waals surface area contributed by atoms with Crippen LogP contribution in [0.4, 0.5) is 4.39 Å².